The van der Waals surface area contributed by atoms with Gasteiger partial charge in [-0.3, -0.25) is 0 Å². The predicted molar refractivity (Wildman–Crippen MR) is 72.2 cm³/mol. The van der Waals surface area contributed by atoms with Crippen LogP contribution in [0.3, 0.4) is 0 Å². The Bertz CT molecular complexity index is 662. The van der Waals surface area contributed by atoms with E-state index < -0.39 is 0 Å². The average Bonchev–Trinajstić information content (AvgIpc) is 2.39. The lowest BCUT2D eigenvalue weighted by Crippen LogP contribution is -1.83. The van der Waals surface area contributed by atoms with Gasteiger partial charge >= 0.3 is 0 Å². The van der Waals surface area contributed by atoms with Gasteiger partial charge in [0, 0.05) is 11.6 Å². The van der Waals surface area contributed by atoms with E-state index in [0.29, 0.717) is 5.15 Å². The third kappa shape index (κ3) is 1.90. The number of hydrogen-bond donors (Lipinski definition) is 0. The third-order valence-electron chi connectivity index (χ3n) is 2.82. The molecule has 0 spiro atoms. The number of pyridine rings is 1. The summed E-state index contributed by atoms with van der Waals surface area (Å²) in [5.74, 6) is 0. The van der Waals surface area contributed by atoms with Gasteiger partial charge in [-0.05, 0) is 22.6 Å². The minimum atomic E-state index is 0.530. The van der Waals surface area contributed by atoms with Crippen molar-refractivity contribution in [3.8, 4) is 11.1 Å². The van der Waals surface area contributed by atoms with Gasteiger partial charge in [0.25, 0.3) is 0 Å². The van der Waals surface area contributed by atoms with E-state index in [-0.39, 0.29) is 0 Å². The van der Waals surface area contributed by atoms with Crippen molar-refractivity contribution in [1.82, 2.24) is 4.98 Å². The van der Waals surface area contributed by atoms with Crippen LogP contribution in [0.25, 0.3) is 21.9 Å². The number of halogens is 1. The third-order valence-corrected chi connectivity index (χ3v) is 3.02. The Balaban J connectivity index is 2.31. The van der Waals surface area contributed by atoms with Crippen molar-refractivity contribution in [2.75, 3.05) is 0 Å². The number of hydrogen-bond acceptors (Lipinski definition) is 1. The lowest BCUT2D eigenvalue weighted by Gasteiger charge is -2.06. The molecule has 0 N–H and O–H groups in total. The maximum Gasteiger partial charge on any atom is 0.129 e. The zero-order valence-electron chi connectivity index (χ0n) is 9.10. The number of fused-ring (bicyclic) bond motifs is 1. The van der Waals surface area contributed by atoms with E-state index >= 15 is 0 Å². The smallest absolute Gasteiger partial charge is 0.129 e. The molecule has 82 valence electrons. The second kappa shape index (κ2) is 4.19. The molecule has 0 aliphatic carbocycles. The van der Waals surface area contributed by atoms with Gasteiger partial charge in [0.2, 0.25) is 0 Å². The zero-order valence-corrected chi connectivity index (χ0v) is 9.85. The van der Waals surface area contributed by atoms with Crippen LogP contribution in [-0.2, 0) is 0 Å². The molecule has 3 aromatic rings. The molecule has 17 heavy (non-hydrogen) atoms. The quantitative estimate of drug-likeness (QED) is 0.568. The Morgan fingerprint density at radius 2 is 1.71 bits per heavy atom. The minimum Gasteiger partial charge on any atom is -0.244 e. The SMILES string of the molecule is Clc1cc2cccc(-c3ccccc3)c2cn1. The minimum absolute atomic E-state index is 0.530. The summed E-state index contributed by atoms with van der Waals surface area (Å²) >= 11 is 5.91. The molecule has 1 heterocycles. The first-order valence-corrected chi connectivity index (χ1v) is 5.82. The molecule has 2 aromatic carbocycles. The van der Waals surface area contributed by atoms with Crippen molar-refractivity contribution in [2.24, 2.45) is 0 Å². The van der Waals surface area contributed by atoms with Gasteiger partial charge in [-0.15, -0.1) is 0 Å². The van der Waals surface area contributed by atoms with E-state index in [1.807, 2.05) is 36.5 Å². The molecule has 0 amide bonds. The Kier molecular flexibility index (Phi) is 2.54. The monoisotopic (exact) mass is 239 g/mol. The molecule has 0 saturated heterocycles. The highest BCUT2D eigenvalue weighted by atomic mass is 35.5. The summed E-state index contributed by atoms with van der Waals surface area (Å²) in [5, 5.41) is 2.78. The number of benzene rings is 2. The summed E-state index contributed by atoms with van der Waals surface area (Å²) in [6, 6.07) is 18.4. The number of rotatable bonds is 1. The lowest BCUT2D eigenvalue weighted by atomic mass is 10.00. The number of aromatic nitrogens is 1. The van der Waals surface area contributed by atoms with Crippen LogP contribution in [0.2, 0.25) is 5.15 Å². The van der Waals surface area contributed by atoms with Crippen LogP contribution in [-0.4, -0.2) is 4.98 Å². The first kappa shape index (κ1) is 10.3. The highest BCUT2D eigenvalue weighted by molar-refractivity contribution is 6.30. The number of nitrogens with zero attached hydrogens (tertiary/aromatic N) is 1. The molecule has 0 unspecified atom stereocenters. The van der Waals surface area contributed by atoms with Gasteiger partial charge in [0.1, 0.15) is 5.15 Å². The Morgan fingerprint density at radius 3 is 2.53 bits per heavy atom. The van der Waals surface area contributed by atoms with Crippen molar-refractivity contribution in [1.29, 1.82) is 0 Å². The Morgan fingerprint density at radius 1 is 0.882 bits per heavy atom. The van der Waals surface area contributed by atoms with Crippen molar-refractivity contribution >= 4 is 22.4 Å². The highest BCUT2D eigenvalue weighted by Gasteiger charge is 2.03. The molecule has 3 rings (SSSR count). The molecule has 1 nitrogen and oxygen atoms in total. The second-order valence-electron chi connectivity index (χ2n) is 3.90. The van der Waals surface area contributed by atoms with Gasteiger partial charge in [0.15, 0.2) is 0 Å². The van der Waals surface area contributed by atoms with E-state index in [9.17, 15) is 0 Å². The van der Waals surface area contributed by atoms with Gasteiger partial charge in [0.05, 0.1) is 0 Å². The Labute approximate surface area is 105 Å². The van der Waals surface area contributed by atoms with Gasteiger partial charge in [-0.1, -0.05) is 60.1 Å². The summed E-state index contributed by atoms with van der Waals surface area (Å²) in [5.41, 5.74) is 2.38. The second-order valence-corrected chi connectivity index (χ2v) is 4.29. The summed E-state index contributed by atoms with van der Waals surface area (Å²) in [6.45, 7) is 0. The Hall–Kier alpha value is -1.86. The molecule has 2 heteroatoms. The molecule has 0 aliphatic heterocycles. The van der Waals surface area contributed by atoms with Crippen molar-refractivity contribution in [2.45, 2.75) is 0 Å². The molecule has 1 aromatic heterocycles. The fraction of sp³-hybridized carbons (Fsp3) is 0. The first-order chi connectivity index (χ1) is 8.34. The fourth-order valence-electron chi connectivity index (χ4n) is 2.01. The van der Waals surface area contributed by atoms with E-state index in [1.54, 1.807) is 0 Å². The van der Waals surface area contributed by atoms with Crippen molar-refractivity contribution < 1.29 is 0 Å². The largest absolute Gasteiger partial charge is 0.244 e. The molecule has 0 saturated carbocycles. The average molecular weight is 240 g/mol. The van der Waals surface area contributed by atoms with Crippen LogP contribution in [0.4, 0.5) is 0 Å². The van der Waals surface area contributed by atoms with Crippen LogP contribution < -0.4 is 0 Å². The summed E-state index contributed by atoms with van der Waals surface area (Å²) < 4.78 is 0. The summed E-state index contributed by atoms with van der Waals surface area (Å²) in [7, 11) is 0. The van der Waals surface area contributed by atoms with Crippen LogP contribution in [0.1, 0.15) is 0 Å². The van der Waals surface area contributed by atoms with Crippen LogP contribution >= 0.6 is 11.6 Å². The van der Waals surface area contributed by atoms with E-state index in [0.717, 1.165) is 10.8 Å². The maximum absolute atomic E-state index is 5.91. The molecule has 0 radical (unpaired) electrons. The lowest BCUT2D eigenvalue weighted by molar-refractivity contribution is 1.36. The summed E-state index contributed by atoms with van der Waals surface area (Å²) in [4.78, 5) is 4.16. The van der Waals surface area contributed by atoms with Crippen molar-refractivity contribution in [3.63, 3.8) is 0 Å². The molecule has 0 bridgehead atoms. The van der Waals surface area contributed by atoms with Crippen LogP contribution in [0.5, 0.6) is 0 Å². The van der Waals surface area contributed by atoms with Crippen LogP contribution in [0.15, 0.2) is 60.8 Å². The van der Waals surface area contributed by atoms with Gasteiger partial charge in [-0.25, -0.2) is 4.98 Å². The molecule has 0 aliphatic rings. The van der Waals surface area contributed by atoms with Gasteiger partial charge in [-0.2, -0.15) is 0 Å². The standard InChI is InChI=1S/C15H10ClN/c16-15-9-12-7-4-8-13(14(12)10-17-15)11-5-2-1-3-6-11/h1-10H. The van der Waals surface area contributed by atoms with E-state index in [2.05, 4.69) is 29.2 Å². The molecule has 0 atom stereocenters. The molecular formula is C15H10ClN. The maximum atomic E-state index is 5.91. The molecule has 0 fully saturated rings. The summed E-state index contributed by atoms with van der Waals surface area (Å²) in [6.07, 6.45) is 1.83. The van der Waals surface area contributed by atoms with E-state index in [1.165, 1.54) is 11.1 Å². The normalized spacial score (nSPS) is 10.6. The highest BCUT2D eigenvalue weighted by Crippen LogP contribution is 2.28. The predicted octanol–water partition coefficient (Wildman–Crippen LogP) is 4.56. The fourth-order valence-corrected chi connectivity index (χ4v) is 2.18. The van der Waals surface area contributed by atoms with E-state index in [4.69, 9.17) is 11.6 Å². The zero-order chi connectivity index (χ0) is 11.7. The van der Waals surface area contributed by atoms with Crippen molar-refractivity contribution in [3.05, 3.63) is 65.9 Å². The van der Waals surface area contributed by atoms with Crippen LogP contribution in [0, 0.1) is 0 Å². The molecular weight excluding hydrogens is 230 g/mol. The topological polar surface area (TPSA) is 12.9 Å². The van der Waals surface area contributed by atoms with Gasteiger partial charge < -0.3 is 0 Å². The first-order valence-electron chi connectivity index (χ1n) is 5.44.